The first kappa shape index (κ1) is 28.1. The van der Waals surface area contributed by atoms with Crippen LogP contribution in [-0.4, -0.2) is 38.7 Å². The summed E-state index contributed by atoms with van der Waals surface area (Å²) in [6.45, 7) is 5.12. The number of benzene rings is 2. The summed E-state index contributed by atoms with van der Waals surface area (Å²) in [7, 11) is 0. The largest absolute Gasteiger partial charge is 0.453 e. The number of hydrogen-bond donors (Lipinski definition) is 2. The smallest absolute Gasteiger partial charge is 0.303 e. The fraction of sp³-hybridized carbons (Fsp3) is 0.370. The van der Waals surface area contributed by atoms with Crippen LogP contribution < -0.4 is 5.32 Å². The van der Waals surface area contributed by atoms with Crippen molar-refractivity contribution in [1.82, 2.24) is 9.55 Å². The second-order valence-corrected chi connectivity index (χ2v) is 9.88. The second kappa shape index (κ2) is 12.3. The molecule has 0 radical (unpaired) electrons. The molecule has 2 heterocycles. The molecular formula is C27H29Cl2N3O6. The van der Waals surface area contributed by atoms with Gasteiger partial charge in [-0.1, -0.05) is 66.5 Å². The highest BCUT2D eigenvalue weighted by molar-refractivity contribution is 6.40. The van der Waals surface area contributed by atoms with Crippen molar-refractivity contribution in [1.29, 1.82) is 0 Å². The highest BCUT2D eigenvalue weighted by atomic mass is 35.5. The Labute approximate surface area is 230 Å². The summed E-state index contributed by atoms with van der Waals surface area (Å²) < 4.78 is 19.6. The topological polar surface area (TPSA) is 112 Å². The van der Waals surface area contributed by atoms with E-state index in [1.807, 2.05) is 37.3 Å². The zero-order chi connectivity index (χ0) is 27.4. The first-order chi connectivity index (χ1) is 18.2. The summed E-state index contributed by atoms with van der Waals surface area (Å²) in [6.07, 6.45) is -0.815. The number of aromatic nitrogens is 2. The summed E-state index contributed by atoms with van der Waals surface area (Å²) in [5, 5.41) is 12.7. The van der Waals surface area contributed by atoms with Crippen molar-refractivity contribution in [3.05, 3.63) is 81.9 Å². The van der Waals surface area contributed by atoms with Crippen LogP contribution in [0.3, 0.4) is 0 Å². The van der Waals surface area contributed by atoms with Gasteiger partial charge < -0.3 is 29.2 Å². The molecule has 2 N–H and O–H groups in total. The number of esters is 1. The SMILES string of the molecule is CC(=O)O[C@@H](C)C(=O)Nc1cccc([C@@H]2O[C@H](Cn3cnc(Cl)c3Cl)[C@H](C)[C@H](c3ccc(CO)cc3)O2)c1. The fourth-order valence-corrected chi connectivity index (χ4v) is 4.62. The molecule has 1 aliphatic heterocycles. The average Bonchev–Trinajstić information content (AvgIpc) is 3.21. The van der Waals surface area contributed by atoms with Gasteiger partial charge in [-0.3, -0.25) is 9.59 Å². The number of carbonyl (C=O) groups is 2. The van der Waals surface area contributed by atoms with Gasteiger partial charge in [-0.25, -0.2) is 4.98 Å². The highest BCUT2D eigenvalue weighted by Gasteiger charge is 2.39. The lowest BCUT2D eigenvalue weighted by molar-refractivity contribution is -0.276. The van der Waals surface area contributed by atoms with Crippen LogP contribution in [0.15, 0.2) is 54.9 Å². The molecular weight excluding hydrogens is 533 g/mol. The number of nitrogens with one attached hydrogen (secondary N) is 1. The van der Waals surface area contributed by atoms with E-state index in [0.29, 0.717) is 22.9 Å². The summed E-state index contributed by atoms with van der Waals surface area (Å²) in [4.78, 5) is 27.7. The van der Waals surface area contributed by atoms with Crippen molar-refractivity contribution in [3.8, 4) is 0 Å². The summed E-state index contributed by atoms with van der Waals surface area (Å²) in [5.41, 5.74) is 2.92. The van der Waals surface area contributed by atoms with Gasteiger partial charge in [-0.05, 0) is 30.2 Å². The van der Waals surface area contributed by atoms with Crippen LogP contribution in [0.4, 0.5) is 5.69 Å². The number of rotatable bonds is 8. The number of imidazole rings is 1. The molecule has 2 aromatic carbocycles. The van der Waals surface area contributed by atoms with Gasteiger partial charge in [0.1, 0.15) is 5.15 Å². The van der Waals surface area contributed by atoms with Gasteiger partial charge in [0.2, 0.25) is 0 Å². The third-order valence-electron chi connectivity index (χ3n) is 6.37. The Hall–Kier alpha value is -2.95. The third-order valence-corrected chi connectivity index (χ3v) is 7.14. The molecule has 0 unspecified atom stereocenters. The molecule has 3 aromatic rings. The van der Waals surface area contributed by atoms with Gasteiger partial charge in [0.05, 0.1) is 31.7 Å². The van der Waals surface area contributed by atoms with Gasteiger partial charge in [0.15, 0.2) is 17.5 Å². The summed E-state index contributed by atoms with van der Waals surface area (Å²) in [5.74, 6) is -1.08. The van der Waals surface area contributed by atoms with E-state index in [-0.39, 0.29) is 29.9 Å². The Balaban J connectivity index is 1.60. The van der Waals surface area contributed by atoms with E-state index >= 15 is 0 Å². The first-order valence-corrected chi connectivity index (χ1v) is 12.9. The Kier molecular flexibility index (Phi) is 9.07. The van der Waals surface area contributed by atoms with Crippen LogP contribution in [0, 0.1) is 5.92 Å². The van der Waals surface area contributed by atoms with E-state index in [0.717, 1.165) is 11.1 Å². The normalized spacial score (nSPS) is 22.1. The van der Waals surface area contributed by atoms with E-state index < -0.39 is 24.3 Å². The maximum Gasteiger partial charge on any atom is 0.303 e. The predicted octanol–water partition coefficient (Wildman–Crippen LogP) is 5.06. The molecule has 0 saturated carbocycles. The van der Waals surface area contributed by atoms with Crippen LogP contribution in [0.5, 0.6) is 0 Å². The van der Waals surface area contributed by atoms with Gasteiger partial charge in [-0.15, -0.1) is 0 Å². The van der Waals surface area contributed by atoms with Crippen molar-refractivity contribution >= 4 is 40.8 Å². The monoisotopic (exact) mass is 561 g/mol. The molecule has 11 heteroatoms. The van der Waals surface area contributed by atoms with Crippen molar-refractivity contribution in [2.45, 2.75) is 58.5 Å². The molecule has 1 aromatic heterocycles. The Bertz CT molecular complexity index is 1280. The number of amides is 1. The van der Waals surface area contributed by atoms with Crippen LogP contribution in [0.25, 0.3) is 0 Å². The Morgan fingerprint density at radius 3 is 2.53 bits per heavy atom. The lowest BCUT2D eigenvalue weighted by Gasteiger charge is -2.41. The lowest BCUT2D eigenvalue weighted by Crippen LogP contribution is -2.39. The minimum absolute atomic E-state index is 0.0514. The molecule has 9 nitrogen and oxygen atoms in total. The second-order valence-electron chi connectivity index (χ2n) is 9.17. The summed E-state index contributed by atoms with van der Waals surface area (Å²) >= 11 is 12.4. The van der Waals surface area contributed by atoms with Crippen molar-refractivity contribution < 1.29 is 28.9 Å². The molecule has 1 saturated heterocycles. The quantitative estimate of drug-likeness (QED) is 0.369. The molecule has 1 amide bonds. The number of aliphatic hydroxyl groups excluding tert-OH is 1. The number of ether oxygens (including phenoxy) is 3. The Morgan fingerprint density at radius 1 is 1.16 bits per heavy atom. The molecule has 1 fully saturated rings. The van der Waals surface area contributed by atoms with Gasteiger partial charge in [-0.2, -0.15) is 0 Å². The van der Waals surface area contributed by atoms with E-state index in [4.69, 9.17) is 37.4 Å². The lowest BCUT2D eigenvalue weighted by atomic mass is 9.90. The zero-order valence-electron chi connectivity index (χ0n) is 21.1. The van der Waals surface area contributed by atoms with E-state index in [2.05, 4.69) is 10.3 Å². The standard InChI is InChI=1S/C27H29Cl2N3O6/c1-15-22(12-32-14-30-24(28)25(32)29)37-27(38-23(15)19-9-7-18(13-33)8-10-19)20-5-4-6-21(11-20)31-26(35)16(2)36-17(3)34/h4-11,14-16,22-23,27,33H,12-13H2,1-3H3,(H,31,35)/t15-,16-,22+,23+,27+/m0/s1. The predicted molar refractivity (Wildman–Crippen MR) is 142 cm³/mol. The van der Waals surface area contributed by atoms with Crippen LogP contribution in [0.1, 0.15) is 49.9 Å². The molecule has 1 aliphatic rings. The number of carbonyl (C=O) groups excluding carboxylic acids is 2. The maximum atomic E-state index is 12.5. The average molecular weight is 562 g/mol. The highest BCUT2D eigenvalue weighted by Crippen LogP contribution is 2.42. The van der Waals surface area contributed by atoms with E-state index in [1.54, 1.807) is 29.1 Å². The Morgan fingerprint density at radius 2 is 1.89 bits per heavy atom. The van der Waals surface area contributed by atoms with Crippen LogP contribution in [0.2, 0.25) is 10.3 Å². The van der Waals surface area contributed by atoms with Gasteiger partial charge in [0, 0.05) is 24.1 Å². The number of halogens is 2. The molecule has 38 heavy (non-hydrogen) atoms. The molecule has 202 valence electrons. The van der Waals surface area contributed by atoms with Crippen molar-refractivity contribution in [2.24, 2.45) is 5.92 Å². The van der Waals surface area contributed by atoms with Crippen LogP contribution >= 0.6 is 23.2 Å². The zero-order valence-corrected chi connectivity index (χ0v) is 22.6. The van der Waals surface area contributed by atoms with E-state index in [9.17, 15) is 14.7 Å². The number of hydrogen-bond acceptors (Lipinski definition) is 7. The number of aliphatic hydroxyl groups is 1. The van der Waals surface area contributed by atoms with Crippen molar-refractivity contribution in [3.63, 3.8) is 0 Å². The van der Waals surface area contributed by atoms with E-state index in [1.165, 1.54) is 13.8 Å². The molecule has 0 aliphatic carbocycles. The van der Waals surface area contributed by atoms with Gasteiger partial charge in [0.25, 0.3) is 5.91 Å². The molecule has 4 rings (SSSR count). The van der Waals surface area contributed by atoms with Crippen molar-refractivity contribution in [2.75, 3.05) is 5.32 Å². The van der Waals surface area contributed by atoms with Gasteiger partial charge >= 0.3 is 5.97 Å². The first-order valence-electron chi connectivity index (χ1n) is 12.1. The minimum Gasteiger partial charge on any atom is -0.453 e. The molecule has 0 spiro atoms. The third kappa shape index (κ3) is 6.54. The molecule has 5 atom stereocenters. The fourth-order valence-electron chi connectivity index (χ4n) is 4.30. The number of nitrogens with zero attached hydrogens (tertiary/aromatic N) is 2. The minimum atomic E-state index is -0.943. The number of anilines is 1. The maximum absolute atomic E-state index is 12.5. The van der Waals surface area contributed by atoms with Crippen LogP contribution in [-0.2, 0) is 37.0 Å². The summed E-state index contributed by atoms with van der Waals surface area (Å²) in [6, 6.07) is 14.7. The molecule has 0 bridgehead atoms.